The van der Waals surface area contributed by atoms with Crippen molar-refractivity contribution in [3.63, 3.8) is 0 Å². The molecule has 2 heterocycles. The van der Waals surface area contributed by atoms with Crippen LogP contribution in [0.4, 0.5) is 0 Å². The second kappa shape index (κ2) is 3.43. The Hall–Kier alpha value is -1.76. The predicted octanol–water partition coefficient (Wildman–Crippen LogP) is 0.536. The molecular formula is C8H9N5OS. The number of H-pyrrole nitrogens is 2. The number of aryl methyl sites for hydroxylation is 1. The van der Waals surface area contributed by atoms with Crippen molar-refractivity contribution < 1.29 is 0 Å². The Bertz CT molecular complexity index is 608. The first kappa shape index (κ1) is 9.78. The number of rotatable bonds is 1. The van der Waals surface area contributed by atoms with Crippen LogP contribution >= 0.6 is 12.2 Å². The van der Waals surface area contributed by atoms with E-state index in [0.29, 0.717) is 16.2 Å². The molecule has 0 atom stereocenters. The number of aromatic amines is 2. The fourth-order valence-electron chi connectivity index (χ4n) is 1.26. The van der Waals surface area contributed by atoms with Crippen LogP contribution in [0.15, 0.2) is 10.9 Å². The van der Waals surface area contributed by atoms with E-state index in [9.17, 15) is 4.79 Å². The normalized spacial score (nSPS) is 10.5. The summed E-state index contributed by atoms with van der Waals surface area (Å²) >= 11 is 4.97. The first-order chi connectivity index (χ1) is 7.09. The lowest BCUT2D eigenvalue weighted by Gasteiger charge is -1.99. The highest BCUT2D eigenvalue weighted by Crippen LogP contribution is 2.10. The molecular weight excluding hydrogens is 214 g/mol. The van der Waals surface area contributed by atoms with E-state index in [-0.39, 0.29) is 5.56 Å². The van der Waals surface area contributed by atoms with Crippen LogP contribution in [0.3, 0.4) is 0 Å². The quantitative estimate of drug-likeness (QED) is 0.691. The smallest absolute Gasteiger partial charge is 0.275 e. The van der Waals surface area contributed by atoms with Gasteiger partial charge >= 0.3 is 0 Å². The molecule has 0 aliphatic heterocycles. The van der Waals surface area contributed by atoms with E-state index < -0.39 is 0 Å². The zero-order chi connectivity index (χ0) is 11.0. The molecule has 0 radical (unpaired) electrons. The van der Waals surface area contributed by atoms with E-state index in [0.717, 1.165) is 5.69 Å². The Morgan fingerprint density at radius 2 is 2.13 bits per heavy atom. The molecule has 6 nitrogen and oxygen atoms in total. The predicted molar refractivity (Wildman–Crippen MR) is 57.0 cm³/mol. The van der Waals surface area contributed by atoms with Gasteiger partial charge in [0.25, 0.3) is 5.56 Å². The minimum Gasteiger partial charge on any atom is -0.303 e. The average Bonchev–Trinajstić information content (AvgIpc) is 2.52. The molecule has 2 aromatic heterocycles. The Balaban J connectivity index is 2.74. The van der Waals surface area contributed by atoms with Gasteiger partial charge in [-0.2, -0.15) is 10.2 Å². The monoisotopic (exact) mass is 223 g/mol. The molecule has 15 heavy (non-hydrogen) atoms. The van der Waals surface area contributed by atoms with Gasteiger partial charge in [-0.05, 0) is 25.2 Å². The summed E-state index contributed by atoms with van der Waals surface area (Å²) in [4.78, 5) is 11.5. The third-order valence-electron chi connectivity index (χ3n) is 2.05. The van der Waals surface area contributed by atoms with Crippen molar-refractivity contribution in [2.45, 2.75) is 6.92 Å². The maximum Gasteiger partial charge on any atom is 0.275 e. The molecule has 0 fully saturated rings. The van der Waals surface area contributed by atoms with Crippen molar-refractivity contribution in [3.05, 3.63) is 26.9 Å². The molecule has 7 heteroatoms. The first-order valence-corrected chi connectivity index (χ1v) is 4.68. The van der Waals surface area contributed by atoms with Gasteiger partial charge in [-0.15, -0.1) is 0 Å². The number of aromatic nitrogens is 5. The molecule has 0 amide bonds. The Labute approximate surface area is 90.0 Å². The lowest BCUT2D eigenvalue weighted by atomic mass is 10.2. The van der Waals surface area contributed by atoms with Crippen LogP contribution in [-0.4, -0.2) is 25.0 Å². The van der Waals surface area contributed by atoms with Gasteiger partial charge in [-0.25, -0.2) is 5.10 Å². The summed E-state index contributed by atoms with van der Waals surface area (Å²) < 4.78 is 2.11. The molecule has 0 aliphatic rings. The molecule has 0 spiro atoms. The van der Waals surface area contributed by atoms with Gasteiger partial charge < -0.3 is 4.57 Å². The summed E-state index contributed by atoms with van der Waals surface area (Å²) in [5.74, 6) is 0.506. The zero-order valence-corrected chi connectivity index (χ0v) is 9.05. The molecule has 0 saturated carbocycles. The molecule has 2 aromatic rings. The van der Waals surface area contributed by atoms with Crippen molar-refractivity contribution in [2.24, 2.45) is 7.05 Å². The van der Waals surface area contributed by atoms with E-state index >= 15 is 0 Å². The summed E-state index contributed by atoms with van der Waals surface area (Å²) in [6, 6.07) is 1.67. The van der Waals surface area contributed by atoms with Gasteiger partial charge in [-0.3, -0.25) is 9.89 Å². The van der Waals surface area contributed by atoms with Crippen molar-refractivity contribution in [2.75, 3.05) is 0 Å². The summed E-state index contributed by atoms with van der Waals surface area (Å²) in [5, 5.41) is 12.8. The number of nitrogens with one attached hydrogen (secondary N) is 2. The van der Waals surface area contributed by atoms with Crippen LogP contribution in [0.25, 0.3) is 11.4 Å². The van der Waals surface area contributed by atoms with Crippen LogP contribution in [0.1, 0.15) is 5.69 Å². The third kappa shape index (κ3) is 1.61. The summed E-state index contributed by atoms with van der Waals surface area (Å²) in [5.41, 5.74) is 0.897. The van der Waals surface area contributed by atoms with Gasteiger partial charge in [0, 0.05) is 7.05 Å². The van der Waals surface area contributed by atoms with Gasteiger partial charge in [0.1, 0.15) is 0 Å². The van der Waals surface area contributed by atoms with Crippen molar-refractivity contribution in [1.82, 2.24) is 25.0 Å². The minimum atomic E-state index is -0.280. The molecule has 0 aliphatic carbocycles. The summed E-state index contributed by atoms with van der Waals surface area (Å²) in [6.45, 7) is 1.79. The summed E-state index contributed by atoms with van der Waals surface area (Å²) in [7, 11) is 1.75. The largest absolute Gasteiger partial charge is 0.303 e. The average molecular weight is 223 g/mol. The van der Waals surface area contributed by atoms with E-state index in [1.807, 2.05) is 0 Å². The van der Waals surface area contributed by atoms with Crippen LogP contribution in [0.5, 0.6) is 0 Å². The van der Waals surface area contributed by atoms with Crippen molar-refractivity contribution in [1.29, 1.82) is 0 Å². The van der Waals surface area contributed by atoms with E-state index in [1.165, 1.54) is 0 Å². The molecule has 0 bridgehead atoms. The van der Waals surface area contributed by atoms with Gasteiger partial charge in [-0.1, -0.05) is 0 Å². The molecule has 0 aromatic carbocycles. The maximum absolute atomic E-state index is 11.5. The second-order valence-electron chi connectivity index (χ2n) is 3.16. The lowest BCUT2D eigenvalue weighted by molar-refractivity contribution is 0.888. The Morgan fingerprint density at radius 3 is 2.73 bits per heavy atom. The molecule has 0 saturated heterocycles. The van der Waals surface area contributed by atoms with Crippen LogP contribution in [0.2, 0.25) is 0 Å². The van der Waals surface area contributed by atoms with Crippen molar-refractivity contribution >= 4 is 12.2 Å². The topological polar surface area (TPSA) is 79.4 Å². The highest BCUT2D eigenvalue weighted by molar-refractivity contribution is 7.71. The molecule has 2 rings (SSSR count). The first-order valence-electron chi connectivity index (χ1n) is 4.27. The maximum atomic E-state index is 11.5. The third-order valence-corrected chi connectivity index (χ3v) is 2.42. The minimum absolute atomic E-state index is 0.280. The lowest BCUT2D eigenvalue weighted by Crippen LogP contribution is -2.13. The zero-order valence-electron chi connectivity index (χ0n) is 8.24. The highest BCUT2D eigenvalue weighted by Gasteiger charge is 2.10. The van der Waals surface area contributed by atoms with Gasteiger partial charge in [0.05, 0.1) is 11.3 Å². The standard InChI is InChI=1S/C8H9N5OS/c1-4-3-5(7(14)11-9-4)6-10-12-8(15)13(6)2/h3H,1-2H3,(H,11,14)(H,12,15). The fourth-order valence-corrected chi connectivity index (χ4v) is 1.39. The Morgan fingerprint density at radius 1 is 1.40 bits per heavy atom. The highest BCUT2D eigenvalue weighted by atomic mass is 32.1. The van der Waals surface area contributed by atoms with Crippen LogP contribution in [0, 0.1) is 11.7 Å². The van der Waals surface area contributed by atoms with Crippen LogP contribution in [-0.2, 0) is 7.05 Å². The molecule has 0 unspecified atom stereocenters. The van der Waals surface area contributed by atoms with Gasteiger partial charge in [0.2, 0.25) is 0 Å². The van der Waals surface area contributed by atoms with Crippen LogP contribution < -0.4 is 5.56 Å². The summed E-state index contributed by atoms with van der Waals surface area (Å²) in [6.07, 6.45) is 0. The fraction of sp³-hybridized carbons (Fsp3) is 0.250. The van der Waals surface area contributed by atoms with Crippen molar-refractivity contribution in [3.8, 4) is 11.4 Å². The molecule has 78 valence electrons. The SMILES string of the molecule is Cc1cc(-c2n[nH]c(=S)n2C)c(=O)[nH]n1. The number of nitrogens with zero attached hydrogens (tertiary/aromatic N) is 3. The van der Waals surface area contributed by atoms with E-state index in [1.54, 1.807) is 24.6 Å². The number of hydrogen-bond acceptors (Lipinski definition) is 4. The van der Waals surface area contributed by atoms with E-state index in [4.69, 9.17) is 12.2 Å². The van der Waals surface area contributed by atoms with E-state index in [2.05, 4.69) is 20.4 Å². The molecule has 2 N–H and O–H groups in total. The van der Waals surface area contributed by atoms with Gasteiger partial charge in [0.15, 0.2) is 10.6 Å². The number of hydrogen-bond donors (Lipinski definition) is 2. The Kier molecular flexibility index (Phi) is 2.24. The second-order valence-corrected chi connectivity index (χ2v) is 3.55.